The van der Waals surface area contributed by atoms with E-state index in [-0.39, 0.29) is 5.91 Å². The molecule has 1 N–H and O–H groups in total. The van der Waals surface area contributed by atoms with Crippen LogP contribution in [0.5, 0.6) is 0 Å². The molecule has 1 amide bonds. The first-order valence-corrected chi connectivity index (χ1v) is 8.67. The average Bonchev–Trinajstić information content (AvgIpc) is 2.97. The van der Waals surface area contributed by atoms with Crippen molar-refractivity contribution >= 4 is 32.6 Å². The molecule has 0 aliphatic carbocycles. The minimum atomic E-state index is 0.135. The number of carbonyl (C=O) groups is 1. The summed E-state index contributed by atoms with van der Waals surface area (Å²) in [5, 5.41) is 4.03. The molecule has 1 aromatic carbocycles. The van der Waals surface area contributed by atoms with Crippen LogP contribution >= 0.6 is 11.3 Å². The quantitative estimate of drug-likeness (QED) is 0.915. The number of nitrogens with one attached hydrogen (secondary N) is 1. The molecule has 1 aliphatic rings. The molecule has 0 unspecified atom stereocenters. The summed E-state index contributed by atoms with van der Waals surface area (Å²) >= 11 is 1.75. The number of rotatable bonds is 5. The van der Waals surface area contributed by atoms with Crippen LogP contribution in [0.4, 0.5) is 5.13 Å². The minimum Gasteiger partial charge on any atom is -0.355 e. The Morgan fingerprint density at radius 2 is 2.05 bits per heavy atom. The summed E-state index contributed by atoms with van der Waals surface area (Å²) in [5.74, 6) is 0.135. The molecule has 1 fully saturated rings. The van der Waals surface area contributed by atoms with Gasteiger partial charge in [-0.1, -0.05) is 30.4 Å². The number of carbonyl (C=O) groups excluding carboxylic acids is 1. The van der Waals surface area contributed by atoms with Crippen molar-refractivity contribution in [3.05, 3.63) is 24.3 Å². The van der Waals surface area contributed by atoms with Crippen molar-refractivity contribution in [2.45, 2.75) is 13.3 Å². The summed E-state index contributed by atoms with van der Waals surface area (Å²) in [6, 6.07) is 8.25. The fourth-order valence-corrected chi connectivity index (χ4v) is 3.63. The first-order valence-electron chi connectivity index (χ1n) is 7.86. The van der Waals surface area contributed by atoms with Gasteiger partial charge >= 0.3 is 0 Å². The molecule has 118 valence electrons. The van der Waals surface area contributed by atoms with E-state index in [1.165, 1.54) is 4.70 Å². The van der Waals surface area contributed by atoms with E-state index in [1.807, 2.05) is 6.07 Å². The zero-order chi connectivity index (χ0) is 15.4. The van der Waals surface area contributed by atoms with E-state index >= 15 is 0 Å². The van der Waals surface area contributed by atoms with E-state index in [0.29, 0.717) is 6.54 Å². The minimum absolute atomic E-state index is 0.135. The number of para-hydroxylation sites is 1. The number of anilines is 1. The van der Waals surface area contributed by atoms with Gasteiger partial charge in [0.25, 0.3) is 0 Å². The highest BCUT2D eigenvalue weighted by molar-refractivity contribution is 7.22. The van der Waals surface area contributed by atoms with Gasteiger partial charge in [0.2, 0.25) is 5.91 Å². The summed E-state index contributed by atoms with van der Waals surface area (Å²) < 4.78 is 1.24. The lowest BCUT2D eigenvalue weighted by Gasteiger charge is -2.34. The molecule has 6 heteroatoms. The molecule has 1 aliphatic heterocycles. The fourth-order valence-electron chi connectivity index (χ4n) is 2.62. The van der Waals surface area contributed by atoms with Crippen LogP contribution in [-0.2, 0) is 4.79 Å². The summed E-state index contributed by atoms with van der Waals surface area (Å²) in [4.78, 5) is 21.0. The van der Waals surface area contributed by atoms with Crippen LogP contribution in [-0.4, -0.2) is 55.1 Å². The highest BCUT2D eigenvalue weighted by atomic mass is 32.1. The van der Waals surface area contributed by atoms with E-state index in [4.69, 9.17) is 4.98 Å². The fraction of sp³-hybridized carbons (Fsp3) is 0.500. The van der Waals surface area contributed by atoms with Crippen molar-refractivity contribution in [3.8, 4) is 0 Å². The van der Waals surface area contributed by atoms with Gasteiger partial charge in [0, 0.05) is 32.7 Å². The van der Waals surface area contributed by atoms with E-state index in [2.05, 4.69) is 40.2 Å². The molecule has 22 heavy (non-hydrogen) atoms. The summed E-state index contributed by atoms with van der Waals surface area (Å²) in [6.07, 6.45) is 0.983. The Hall–Kier alpha value is -1.66. The smallest absolute Gasteiger partial charge is 0.234 e. The van der Waals surface area contributed by atoms with E-state index in [1.54, 1.807) is 11.3 Å². The number of aromatic nitrogens is 1. The van der Waals surface area contributed by atoms with Crippen LogP contribution in [0, 0.1) is 0 Å². The SMILES string of the molecule is CCCNC(=O)CN1CCN(c2nc3ccccc3s2)CC1. The van der Waals surface area contributed by atoms with Crippen molar-refractivity contribution in [1.29, 1.82) is 0 Å². The Morgan fingerprint density at radius 3 is 2.77 bits per heavy atom. The Labute approximate surface area is 134 Å². The van der Waals surface area contributed by atoms with Gasteiger partial charge in [0.15, 0.2) is 5.13 Å². The number of thiazole rings is 1. The summed E-state index contributed by atoms with van der Waals surface area (Å²) in [5.41, 5.74) is 1.07. The van der Waals surface area contributed by atoms with Crippen LogP contribution in [0.15, 0.2) is 24.3 Å². The Bertz CT molecular complexity index is 601. The van der Waals surface area contributed by atoms with Crippen LogP contribution in [0.3, 0.4) is 0 Å². The van der Waals surface area contributed by atoms with Gasteiger partial charge in [-0.25, -0.2) is 4.98 Å². The van der Waals surface area contributed by atoms with E-state index in [9.17, 15) is 4.79 Å². The second-order valence-electron chi connectivity index (χ2n) is 5.58. The second-order valence-corrected chi connectivity index (χ2v) is 6.59. The third kappa shape index (κ3) is 3.56. The lowest BCUT2D eigenvalue weighted by molar-refractivity contribution is -0.122. The molecule has 0 spiro atoms. The van der Waals surface area contributed by atoms with Gasteiger partial charge in [-0.2, -0.15) is 0 Å². The molecule has 0 saturated carbocycles. The van der Waals surface area contributed by atoms with Crippen LogP contribution < -0.4 is 10.2 Å². The third-order valence-electron chi connectivity index (χ3n) is 3.86. The first-order chi connectivity index (χ1) is 10.8. The van der Waals surface area contributed by atoms with Crippen molar-refractivity contribution in [2.24, 2.45) is 0 Å². The van der Waals surface area contributed by atoms with Gasteiger partial charge in [-0.3, -0.25) is 9.69 Å². The van der Waals surface area contributed by atoms with E-state index in [0.717, 1.165) is 49.8 Å². The standard InChI is InChI=1S/C16H22N4OS/c1-2-7-17-15(21)12-19-8-10-20(11-9-19)16-18-13-5-3-4-6-14(13)22-16/h3-6H,2,7-12H2,1H3,(H,17,21). The Balaban J connectivity index is 1.54. The number of hydrogen-bond donors (Lipinski definition) is 1. The number of amides is 1. The lowest BCUT2D eigenvalue weighted by Crippen LogP contribution is -2.49. The van der Waals surface area contributed by atoms with Gasteiger partial charge < -0.3 is 10.2 Å². The molecule has 2 heterocycles. The molecule has 0 bridgehead atoms. The average molecular weight is 318 g/mol. The molecule has 1 saturated heterocycles. The van der Waals surface area contributed by atoms with Crippen molar-refractivity contribution in [1.82, 2.24) is 15.2 Å². The second kappa shape index (κ2) is 7.07. The monoisotopic (exact) mass is 318 g/mol. The predicted molar refractivity (Wildman–Crippen MR) is 91.6 cm³/mol. The van der Waals surface area contributed by atoms with Gasteiger partial charge in [-0.15, -0.1) is 0 Å². The summed E-state index contributed by atoms with van der Waals surface area (Å²) in [7, 11) is 0. The molecule has 1 aromatic heterocycles. The van der Waals surface area contributed by atoms with Gasteiger partial charge in [0.05, 0.1) is 16.8 Å². The molecular formula is C16H22N4OS. The normalized spacial score (nSPS) is 16.1. The molecule has 5 nitrogen and oxygen atoms in total. The highest BCUT2D eigenvalue weighted by Crippen LogP contribution is 2.28. The number of hydrogen-bond acceptors (Lipinski definition) is 5. The summed E-state index contributed by atoms with van der Waals surface area (Å²) in [6.45, 7) is 7.03. The first kappa shape index (κ1) is 15.2. The highest BCUT2D eigenvalue weighted by Gasteiger charge is 2.21. The van der Waals surface area contributed by atoms with Crippen LogP contribution in [0.25, 0.3) is 10.2 Å². The lowest BCUT2D eigenvalue weighted by atomic mass is 10.3. The Morgan fingerprint density at radius 1 is 1.27 bits per heavy atom. The zero-order valence-electron chi connectivity index (χ0n) is 12.9. The zero-order valence-corrected chi connectivity index (χ0v) is 13.7. The van der Waals surface area contributed by atoms with Crippen molar-refractivity contribution in [2.75, 3.05) is 44.2 Å². The van der Waals surface area contributed by atoms with Gasteiger partial charge in [0.1, 0.15) is 0 Å². The number of benzene rings is 1. The van der Waals surface area contributed by atoms with Gasteiger partial charge in [-0.05, 0) is 18.6 Å². The number of nitrogens with zero attached hydrogens (tertiary/aromatic N) is 3. The van der Waals surface area contributed by atoms with Crippen molar-refractivity contribution in [3.63, 3.8) is 0 Å². The maximum atomic E-state index is 11.8. The molecule has 2 aromatic rings. The predicted octanol–water partition coefficient (Wildman–Crippen LogP) is 1.94. The topological polar surface area (TPSA) is 48.5 Å². The maximum absolute atomic E-state index is 11.8. The van der Waals surface area contributed by atoms with Crippen molar-refractivity contribution < 1.29 is 4.79 Å². The molecular weight excluding hydrogens is 296 g/mol. The number of piperazine rings is 1. The molecule has 0 radical (unpaired) electrons. The molecule has 0 atom stereocenters. The molecule has 3 rings (SSSR count). The number of fused-ring (bicyclic) bond motifs is 1. The largest absolute Gasteiger partial charge is 0.355 e. The van der Waals surface area contributed by atoms with E-state index < -0.39 is 0 Å². The third-order valence-corrected chi connectivity index (χ3v) is 4.96. The Kier molecular flexibility index (Phi) is 4.90. The van der Waals surface area contributed by atoms with Crippen LogP contribution in [0.2, 0.25) is 0 Å². The van der Waals surface area contributed by atoms with Crippen LogP contribution in [0.1, 0.15) is 13.3 Å². The maximum Gasteiger partial charge on any atom is 0.234 e.